The highest BCUT2D eigenvalue weighted by Gasteiger charge is 2.32. The van der Waals surface area contributed by atoms with E-state index in [2.05, 4.69) is 28.2 Å². The van der Waals surface area contributed by atoms with Gasteiger partial charge >= 0.3 is 0 Å². The van der Waals surface area contributed by atoms with Crippen LogP contribution in [-0.4, -0.2) is 6.54 Å². The fourth-order valence-corrected chi connectivity index (χ4v) is 3.24. The molecule has 2 nitrogen and oxygen atoms in total. The number of fused-ring (bicyclic) bond motifs is 1. The van der Waals surface area contributed by atoms with E-state index in [0.29, 0.717) is 10.9 Å². The minimum Gasteiger partial charge on any atom is -0.458 e. The van der Waals surface area contributed by atoms with Crippen molar-refractivity contribution in [1.82, 2.24) is 5.32 Å². The van der Waals surface area contributed by atoms with Crippen molar-refractivity contribution in [2.75, 3.05) is 6.54 Å². The summed E-state index contributed by atoms with van der Waals surface area (Å²) in [6.45, 7) is 3.97. The van der Waals surface area contributed by atoms with Crippen LogP contribution in [0, 0.1) is 0 Å². The smallest absolute Gasteiger partial charge is 0.154 e. The van der Waals surface area contributed by atoms with E-state index in [-0.39, 0.29) is 0 Å². The maximum atomic E-state index is 6.27. The number of nitrogens with one attached hydrogen (secondary N) is 1. The molecule has 1 fully saturated rings. The molecule has 0 bridgehead atoms. The van der Waals surface area contributed by atoms with Crippen molar-refractivity contribution in [3.8, 4) is 0 Å². The number of halogens is 2. The molecule has 1 N–H and O–H groups in total. The molecule has 3 rings (SSSR count). The summed E-state index contributed by atoms with van der Waals surface area (Å²) >= 11 is 9.90. The molecule has 0 spiro atoms. The molecular formula is C15H17BrClNO. The van der Waals surface area contributed by atoms with Crippen LogP contribution >= 0.6 is 27.5 Å². The fourth-order valence-electron chi connectivity index (χ4n) is 2.52. The predicted octanol–water partition coefficient (Wildman–Crippen LogP) is 5.23. The fraction of sp³-hybridized carbons (Fsp3) is 0.467. The standard InChI is InChI=1S/C15H17BrClNO/c1-2-7-18-8-12-13(9-3-4-9)14-10(16)5-6-11(17)15(14)19-12/h5-6,9,18H,2-4,7-8H2,1H3. The summed E-state index contributed by atoms with van der Waals surface area (Å²) in [6.07, 6.45) is 3.65. The Labute approximate surface area is 126 Å². The summed E-state index contributed by atoms with van der Waals surface area (Å²) in [5.41, 5.74) is 2.18. The Morgan fingerprint density at radius 3 is 2.89 bits per heavy atom. The van der Waals surface area contributed by atoms with Gasteiger partial charge in [-0.1, -0.05) is 34.5 Å². The van der Waals surface area contributed by atoms with Gasteiger partial charge in [0.05, 0.1) is 11.6 Å². The highest BCUT2D eigenvalue weighted by molar-refractivity contribution is 9.10. The van der Waals surface area contributed by atoms with Crippen LogP contribution < -0.4 is 5.32 Å². The van der Waals surface area contributed by atoms with Crippen LogP contribution in [0.25, 0.3) is 11.0 Å². The Bertz CT molecular complexity index is 604. The average molecular weight is 343 g/mol. The van der Waals surface area contributed by atoms with Crippen molar-refractivity contribution in [3.05, 3.63) is 33.0 Å². The molecule has 102 valence electrons. The molecule has 1 aromatic carbocycles. The number of hydrogen-bond acceptors (Lipinski definition) is 2. The molecule has 0 radical (unpaired) electrons. The molecule has 2 aromatic rings. The van der Waals surface area contributed by atoms with Crippen LogP contribution in [0.4, 0.5) is 0 Å². The first-order valence-corrected chi connectivity index (χ1v) is 7.99. The lowest BCUT2D eigenvalue weighted by Gasteiger charge is -2.03. The van der Waals surface area contributed by atoms with E-state index < -0.39 is 0 Å². The van der Waals surface area contributed by atoms with Gasteiger partial charge in [0.25, 0.3) is 0 Å². The first kappa shape index (κ1) is 13.5. The minimum atomic E-state index is 0.648. The van der Waals surface area contributed by atoms with Gasteiger partial charge in [-0.15, -0.1) is 0 Å². The van der Waals surface area contributed by atoms with Gasteiger partial charge in [0.2, 0.25) is 0 Å². The summed E-state index contributed by atoms with van der Waals surface area (Å²) in [7, 11) is 0. The highest BCUT2D eigenvalue weighted by atomic mass is 79.9. The van der Waals surface area contributed by atoms with E-state index in [0.717, 1.165) is 35.3 Å². The Morgan fingerprint density at radius 1 is 1.42 bits per heavy atom. The van der Waals surface area contributed by atoms with Gasteiger partial charge in [-0.2, -0.15) is 0 Å². The molecule has 1 aromatic heterocycles. The Kier molecular flexibility index (Phi) is 3.88. The first-order chi connectivity index (χ1) is 9.22. The number of furan rings is 1. The van der Waals surface area contributed by atoms with Gasteiger partial charge in [0.1, 0.15) is 5.76 Å². The third kappa shape index (κ3) is 2.56. The zero-order chi connectivity index (χ0) is 13.4. The zero-order valence-electron chi connectivity index (χ0n) is 10.9. The lowest BCUT2D eigenvalue weighted by molar-refractivity contribution is 0.507. The normalized spacial score (nSPS) is 15.3. The van der Waals surface area contributed by atoms with Gasteiger partial charge in [0, 0.05) is 15.4 Å². The number of rotatable bonds is 5. The molecule has 0 atom stereocenters. The molecular weight excluding hydrogens is 326 g/mol. The molecule has 0 saturated heterocycles. The summed E-state index contributed by atoms with van der Waals surface area (Å²) in [5.74, 6) is 1.70. The molecule has 0 aliphatic heterocycles. The first-order valence-electron chi connectivity index (χ1n) is 6.82. The van der Waals surface area contributed by atoms with Crippen LogP contribution in [0.1, 0.15) is 43.4 Å². The molecule has 4 heteroatoms. The maximum Gasteiger partial charge on any atom is 0.154 e. The van der Waals surface area contributed by atoms with Gasteiger partial charge in [-0.3, -0.25) is 0 Å². The lowest BCUT2D eigenvalue weighted by atomic mass is 10.1. The van der Waals surface area contributed by atoms with Crippen molar-refractivity contribution >= 4 is 38.5 Å². The Balaban J connectivity index is 2.08. The van der Waals surface area contributed by atoms with E-state index in [1.165, 1.54) is 23.8 Å². The van der Waals surface area contributed by atoms with Crippen LogP contribution in [0.2, 0.25) is 5.02 Å². The minimum absolute atomic E-state index is 0.648. The molecule has 0 amide bonds. The second-order valence-corrected chi connectivity index (χ2v) is 6.38. The maximum absolute atomic E-state index is 6.27. The number of benzene rings is 1. The quantitative estimate of drug-likeness (QED) is 0.753. The Morgan fingerprint density at radius 2 is 2.21 bits per heavy atom. The van der Waals surface area contributed by atoms with Crippen molar-refractivity contribution in [3.63, 3.8) is 0 Å². The van der Waals surface area contributed by atoms with Gasteiger partial charge < -0.3 is 9.73 Å². The molecule has 1 aliphatic carbocycles. The van der Waals surface area contributed by atoms with Gasteiger partial charge in [-0.05, 0) is 43.9 Å². The van der Waals surface area contributed by atoms with Crippen LogP contribution in [-0.2, 0) is 6.54 Å². The second kappa shape index (κ2) is 5.47. The van der Waals surface area contributed by atoms with Crippen molar-refractivity contribution < 1.29 is 4.42 Å². The summed E-state index contributed by atoms with van der Waals surface area (Å²) in [6, 6.07) is 3.90. The SMILES string of the molecule is CCCNCc1oc2c(Cl)ccc(Br)c2c1C1CC1. The second-order valence-electron chi connectivity index (χ2n) is 5.12. The average Bonchev–Trinajstić information content (AvgIpc) is 3.16. The van der Waals surface area contributed by atoms with Crippen molar-refractivity contribution in [2.24, 2.45) is 0 Å². The summed E-state index contributed by atoms with van der Waals surface area (Å²) in [5, 5.41) is 5.29. The lowest BCUT2D eigenvalue weighted by Crippen LogP contribution is -2.14. The zero-order valence-corrected chi connectivity index (χ0v) is 13.3. The van der Waals surface area contributed by atoms with E-state index in [4.69, 9.17) is 16.0 Å². The molecule has 1 heterocycles. The summed E-state index contributed by atoms with van der Waals surface area (Å²) < 4.78 is 7.12. The largest absolute Gasteiger partial charge is 0.458 e. The van der Waals surface area contributed by atoms with Crippen LogP contribution in [0.15, 0.2) is 21.0 Å². The molecule has 19 heavy (non-hydrogen) atoms. The van der Waals surface area contributed by atoms with Crippen molar-refractivity contribution in [2.45, 2.75) is 38.6 Å². The van der Waals surface area contributed by atoms with Crippen molar-refractivity contribution in [1.29, 1.82) is 0 Å². The molecule has 0 unspecified atom stereocenters. The van der Waals surface area contributed by atoms with E-state index in [1.54, 1.807) is 0 Å². The van der Waals surface area contributed by atoms with E-state index >= 15 is 0 Å². The predicted molar refractivity (Wildman–Crippen MR) is 82.9 cm³/mol. The number of hydrogen-bond donors (Lipinski definition) is 1. The molecule has 1 saturated carbocycles. The topological polar surface area (TPSA) is 25.2 Å². The highest BCUT2D eigenvalue weighted by Crippen LogP contribution is 2.49. The van der Waals surface area contributed by atoms with E-state index in [1.807, 2.05) is 12.1 Å². The van der Waals surface area contributed by atoms with Crippen LogP contribution in [0.3, 0.4) is 0 Å². The summed E-state index contributed by atoms with van der Waals surface area (Å²) in [4.78, 5) is 0. The monoisotopic (exact) mass is 341 g/mol. The van der Waals surface area contributed by atoms with Crippen LogP contribution in [0.5, 0.6) is 0 Å². The van der Waals surface area contributed by atoms with E-state index in [9.17, 15) is 0 Å². The van der Waals surface area contributed by atoms with Gasteiger partial charge in [-0.25, -0.2) is 0 Å². The third-order valence-corrected chi connectivity index (χ3v) is 4.51. The Hall–Kier alpha value is -0.510. The van der Waals surface area contributed by atoms with Gasteiger partial charge in [0.15, 0.2) is 5.58 Å². The molecule has 1 aliphatic rings. The third-order valence-electron chi connectivity index (χ3n) is 3.55.